The third-order valence-electron chi connectivity index (χ3n) is 3.83. The van der Waals surface area contributed by atoms with Gasteiger partial charge in [0.25, 0.3) is 0 Å². The Morgan fingerprint density at radius 2 is 2.05 bits per heavy atom. The lowest BCUT2D eigenvalue weighted by molar-refractivity contribution is -0.132. The van der Waals surface area contributed by atoms with Crippen LogP contribution in [-0.4, -0.2) is 42.0 Å². The molecule has 5 heteroatoms. The molecular formula is C14H20N4O. The number of amides is 1. The van der Waals surface area contributed by atoms with Gasteiger partial charge in [-0.05, 0) is 31.4 Å². The fraction of sp³-hybridized carbons (Fsp3) is 0.571. The van der Waals surface area contributed by atoms with Crippen molar-refractivity contribution in [1.29, 1.82) is 0 Å². The first-order valence-corrected chi connectivity index (χ1v) is 6.99. The van der Waals surface area contributed by atoms with Crippen LogP contribution in [0.1, 0.15) is 19.3 Å². The summed E-state index contributed by atoms with van der Waals surface area (Å²) in [6, 6.07) is 3.83. The lowest BCUT2D eigenvalue weighted by Crippen LogP contribution is -2.36. The number of aromatic nitrogens is 1. The van der Waals surface area contributed by atoms with Crippen molar-refractivity contribution in [3.8, 4) is 0 Å². The molecule has 0 radical (unpaired) electrons. The highest BCUT2D eigenvalue weighted by atomic mass is 16.2. The van der Waals surface area contributed by atoms with E-state index in [-0.39, 0.29) is 0 Å². The van der Waals surface area contributed by atoms with Gasteiger partial charge < -0.3 is 15.5 Å². The summed E-state index contributed by atoms with van der Waals surface area (Å²) >= 11 is 0. The van der Waals surface area contributed by atoms with Crippen LogP contribution in [-0.2, 0) is 4.79 Å². The van der Waals surface area contributed by atoms with Crippen molar-refractivity contribution in [2.75, 3.05) is 36.8 Å². The first-order valence-electron chi connectivity index (χ1n) is 6.99. The number of nitrogens with two attached hydrogens (primary N) is 1. The van der Waals surface area contributed by atoms with Crippen molar-refractivity contribution in [3.05, 3.63) is 18.3 Å². The fourth-order valence-corrected chi connectivity index (χ4v) is 2.54. The molecule has 5 nitrogen and oxygen atoms in total. The highest BCUT2D eigenvalue weighted by Gasteiger charge is 2.33. The van der Waals surface area contributed by atoms with E-state index in [0.29, 0.717) is 17.5 Å². The molecule has 0 unspecified atom stereocenters. The summed E-state index contributed by atoms with van der Waals surface area (Å²) in [5.74, 6) is 1.63. The number of pyridine rings is 1. The zero-order chi connectivity index (χ0) is 13.2. The monoisotopic (exact) mass is 260 g/mol. The molecule has 1 amide bonds. The molecule has 0 aromatic carbocycles. The average molecular weight is 260 g/mol. The van der Waals surface area contributed by atoms with Gasteiger partial charge in [0.05, 0.1) is 11.9 Å². The summed E-state index contributed by atoms with van der Waals surface area (Å²) in [6.07, 6.45) is 4.86. The molecule has 0 bridgehead atoms. The maximum atomic E-state index is 12.1. The van der Waals surface area contributed by atoms with Crippen molar-refractivity contribution in [2.24, 2.45) is 5.92 Å². The highest BCUT2D eigenvalue weighted by molar-refractivity contribution is 5.81. The molecule has 19 heavy (non-hydrogen) atoms. The van der Waals surface area contributed by atoms with E-state index in [0.717, 1.165) is 51.3 Å². The van der Waals surface area contributed by atoms with Gasteiger partial charge in [0.15, 0.2) is 0 Å². The molecule has 0 atom stereocenters. The first-order chi connectivity index (χ1) is 9.24. The molecule has 1 saturated carbocycles. The lowest BCUT2D eigenvalue weighted by Gasteiger charge is -2.22. The highest BCUT2D eigenvalue weighted by Crippen LogP contribution is 2.31. The predicted molar refractivity (Wildman–Crippen MR) is 74.8 cm³/mol. The van der Waals surface area contributed by atoms with E-state index in [2.05, 4.69) is 9.88 Å². The van der Waals surface area contributed by atoms with Gasteiger partial charge in [0.2, 0.25) is 5.91 Å². The number of nitrogens with zero attached hydrogens (tertiary/aromatic N) is 3. The van der Waals surface area contributed by atoms with Gasteiger partial charge in [-0.15, -0.1) is 0 Å². The summed E-state index contributed by atoms with van der Waals surface area (Å²) in [7, 11) is 0. The number of hydrogen-bond acceptors (Lipinski definition) is 4. The minimum Gasteiger partial charge on any atom is -0.397 e. The van der Waals surface area contributed by atoms with E-state index in [4.69, 9.17) is 5.73 Å². The Balaban J connectivity index is 1.63. The van der Waals surface area contributed by atoms with Gasteiger partial charge in [0.1, 0.15) is 5.82 Å². The summed E-state index contributed by atoms with van der Waals surface area (Å²) in [4.78, 5) is 20.7. The van der Waals surface area contributed by atoms with Crippen LogP contribution in [0.15, 0.2) is 18.3 Å². The number of rotatable bonds is 2. The molecule has 2 aliphatic rings. The van der Waals surface area contributed by atoms with Crippen molar-refractivity contribution in [1.82, 2.24) is 9.88 Å². The van der Waals surface area contributed by atoms with Crippen LogP contribution >= 0.6 is 0 Å². The topological polar surface area (TPSA) is 62.5 Å². The molecule has 2 N–H and O–H groups in total. The Morgan fingerprint density at radius 1 is 1.21 bits per heavy atom. The second-order valence-electron chi connectivity index (χ2n) is 5.39. The van der Waals surface area contributed by atoms with Crippen LogP contribution < -0.4 is 10.6 Å². The molecule has 102 valence electrons. The molecular weight excluding hydrogens is 240 g/mol. The van der Waals surface area contributed by atoms with Crippen LogP contribution in [0.25, 0.3) is 0 Å². The Labute approximate surface area is 113 Å². The number of anilines is 2. The number of hydrogen-bond donors (Lipinski definition) is 1. The van der Waals surface area contributed by atoms with Gasteiger partial charge in [-0.2, -0.15) is 0 Å². The largest absolute Gasteiger partial charge is 0.397 e. The Kier molecular flexibility index (Phi) is 3.27. The van der Waals surface area contributed by atoms with E-state index in [1.54, 1.807) is 6.20 Å². The Bertz CT molecular complexity index is 455. The summed E-state index contributed by atoms with van der Waals surface area (Å²) in [6.45, 7) is 3.49. The molecule has 1 aliphatic carbocycles. The molecule has 1 aromatic heterocycles. The maximum absolute atomic E-state index is 12.1. The quantitative estimate of drug-likeness (QED) is 0.865. The van der Waals surface area contributed by atoms with Crippen LogP contribution in [0.3, 0.4) is 0 Å². The summed E-state index contributed by atoms with van der Waals surface area (Å²) < 4.78 is 0. The molecule has 2 heterocycles. The van der Waals surface area contributed by atoms with E-state index >= 15 is 0 Å². The van der Waals surface area contributed by atoms with Crippen LogP contribution in [0.5, 0.6) is 0 Å². The standard InChI is InChI=1S/C14H20N4O/c15-12-4-5-13(16-10-12)17-6-1-7-18(9-8-17)14(19)11-2-3-11/h4-5,10-11H,1-3,6-9,15H2. The van der Waals surface area contributed by atoms with Gasteiger partial charge in [-0.3, -0.25) is 4.79 Å². The van der Waals surface area contributed by atoms with Crippen molar-refractivity contribution < 1.29 is 4.79 Å². The fourth-order valence-electron chi connectivity index (χ4n) is 2.54. The van der Waals surface area contributed by atoms with E-state index in [1.165, 1.54) is 0 Å². The Hall–Kier alpha value is -1.78. The van der Waals surface area contributed by atoms with Crippen molar-refractivity contribution in [2.45, 2.75) is 19.3 Å². The van der Waals surface area contributed by atoms with Crippen molar-refractivity contribution in [3.63, 3.8) is 0 Å². The molecule has 1 saturated heterocycles. The number of carbonyl (C=O) groups excluding carboxylic acids is 1. The normalized spacial score (nSPS) is 20.2. The molecule has 2 fully saturated rings. The zero-order valence-corrected chi connectivity index (χ0v) is 11.1. The van der Waals surface area contributed by atoms with E-state index < -0.39 is 0 Å². The third-order valence-corrected chi connectivity index (χ3v) is 3.83. The van der Waals surface area contributed by atoms with Crippen LogP contribution in [0, 0.1) is 5.92 Å². The van der Waals surface area contributed by atoms with Crippen molar-refractivity contribution >= 4 is 17.4 Å². The predicted octanol–water partition coefficient (Wildman–Crippen LogP) is 1.11. The zero-order valence-electron chi connectivity index (χ0n) is 11.1. The minimum atomic E-state index is 0.321. The van der Waals surface area contributed by atoms with Gasteiger partial charge >= 0.3 is 0 Å². The van der Waals surface area contributed by atoms with Gasteiger partial charge in [-0.25, -0.2) is 4.98 Å². The van der Waals surface area contributed by atoms with Crippen LogP contribution in [0.4, 0.5) is 11.5 Å². The van der Waals surface area contributed by atoms with E-state index in [1.807, 2.05) is 17.0 Å². The first kappa shape index (κ1) is 12.3. The van der Waals surface area contributed by atoms with Gasteiger partial charge in [0, 0.05) is 32.1 Å². The molecule has 1 aliphatic heterocycles. The molecule has 3 rings (SSSR count). The van der Waals surface area contributed by atoms with Crippen LogP contribution in [0.2, 0.25) is 0 Å². The number of carbonyl (C=O) groups is 1. The van der Waals surface area contributed by atoms with E-state index in [9.17, 15) is 4.79 Å². The number of nitrogen functional groups attached to an aromatic ring is 1. The van der Waals surface area contributed by atoms with Gasteiger partial charge in [-0.1, -0.05) is 0 Å². The molecule has 0 spiro atoms. The summed E-state index contributed by atoms with van der Waals surface area (Å²) in [5, 5.41) is 0. The third kappa shape index (κ3) is 2.80. The molecule has 1 aromatic rings. The maximum Gasteiger partial charge on any atom is 0.225 e. The lowest BCUT2D eigenvalue weighted by atomic mass is 10.3. The summed E-state index contributed by atoms with van der Waals surface area (Å²) in [5.41, 5.74) is 6.34. The average Bonchev–Trinajstić information content (AvgIpc) is 3.26. The SMILES string of the molecule is Nc1ccc(N2CCCN(C(=O)C3CC3)CC2)nc1. The minimum absolute atomic E-state index is 0.321. The second kappa shape index (κ2) is 5.07. The Morgan fingerprint density at radius 3 is 2.74 bits per heavy atom. The smallest absolute Gasteiger partial charge is 0.225 e. The second-order valence-corrected chi connectivity index (χ2v) is 5.39.